The molecule has 0 heterocycles. The van der Waals surface area contributed by atoms with Gasteiger partial charge in [-0.2, -0.15) is 0 Å². The van der Waals surface area contributed by atoms with Crippen molar-refractivity contribution in [1.29, 1.82) is 0 Å². The van der Waals surface area contributed by atoms with Crippen molar-refractivity contribution in [3.05, 3.63) is 53.9 Å². The molecule has 0 fully saturated rings. The Morgan fingerprint density at radius 3 is 2.54 bits per heavy atom. The van der Waals surface area contributed by atoms with Gasteiger partial charge in [0.15, 0.2) is 0 Å². The van der Waals surface area contributed by atoms with Gasteiger partial charge in [0.1, 0.15) is 0 Å². The summed E-state index contributed by atoms with van der Waals surface area (Å²) < 4.78 is 0. The molecule has 13 heavy (non-hydrogen) atoms. The summed E-state index contributed by atoms with van der Waals surface area (Å²) >= 11 is 0. The summed E-state index contributed by atoms with van der Waals surface area (Å²) in [5.41, 5.74) is 2.88. The van der Waals surface area contributed by atoms with E-state index in [1.54, 1.807) is 0 Å². The maximum absolute atomic E-state index is 2.30. The van der Waals surface area contributed by atoms with Gasteiger partial charge in [0.2, 0.25) is 0 Å². The standard InChI is InChI=1S/C12H9.Na.H/c1-3-9-4-2-6-11-8-7-10(5-1)12(9)11;;/h1-7H,8H2;;. The zero-order valence-corrected chi connectivity index (χ0v) is 6.75. The third kappa shape index (κ3) is 1.34. The quantitative estimate of drug-likeness (QED) is 0.542. The van der Waals surface area contributed by atoms with Crippen LogP contribution in [-0.4, -0.2) is 29.6 Å². The Kier molecular flexibility index (Phi) is 2.46. The van der Waals surface area contributed by atoms with Crippen molar-refractivity contribution in [2.45, 2.75) is 6.42 Å². The van der Waals surface area contributed by atoms with Crippen LogP contribution in [0.3, 0.4) is 0 Å². The SMILES string of the molecule is [CH]1Cc2cccc3cccc1c23.[NaH]. The minimum absolute atomic E-state index is 0. The summed E-state index contributed by atoms with van der Waals surface area (Å²) in [6.07, 6.45) is 3.41. The van der Waals surface area contributed by atoms with Crippen LogP contribution in [0.5, 0.6) is 0 Å². The molecule has 0 nitrogen and oxygen atoms in total. The Morgan fingerprint density at radius 2 is 1.69 bits per heavy atom. The van der Waals surface area contributed by atoms with Crippen LogP contribution in [0.1, 0.15) is 11.1 Å². The van der Waals surface area contributed by atoms with Crippen LogP contribution in [0.2, 0.25) is 0 Å². The average Bonchev–Trinajstić information content (AvgIpc) is 2.52. The Balaban J connectivity index is 0.000000653. The van der Waals surface area contributed by atoms with Gasteiger partial charge in [0.05, 0.1) is 0 Å². The molecule has 0 N–H and O–H groups in total. The Labute approximate surface area is 100 Å². The second-order valence-corrected chi connectivity index (χ2v) is 3.27. The molecule has 0 amide bonds. The first kappa shape index (κ1) is 9.26. The molecule has 1 aliphatic carbocycles. The molecule has 0 bridgehead atoms. The fourth-order valence-corrected chi connectivity index (χ4v) is 2.01. The second-order valence-electron chi connectivity index (χ2n) is 3.27. The summed E-state index contributed by atoms with van der Waals surface area (Å²) in [7, 11) is 0. The molecule has 1 aliphatic rings. The third-order valence-corrected chi connectivity index (χ3v) is 2.57. The summed E-state index contributed by atoms with van der Waals surface area (Å²) in [6.45, 7) is 0. The Bertz CT molecular complexity index is 407. The van der Waals surface area contributed by atoms with E-state index in [2.05, 4.69) is 42.8 Å². The van der Waals surface area contributed by atoms with Gasteiger partial charge in [-0.05, 0) is 34.7 Å². The zero-order valence-electron chi connectivity index (χ0n) is 6.75. The van der Waals surface area contributed by atoms with E-state index in [-0.39, 0.29) is 29.6 Å². The van der Waals surface area contributed by atoms with Gasteiger partial charge in [-0.1, -0.05) is 36.4 Å². The van der Waals surface area contributed by atoms with E-state index in [1.807, 2.05) is 0 Å². The topological polar surface area (TPSA) is 0 Å². The fraction of sp³-hybridized carbons (Fsp3) is 0.0833. The molecule has 0 saturated heterocycles. The molecular formula is C12H10Na. The number of hydrogen-bond acceptors (Lipinski definition) is 0. The van der Waals surface area contributed by atoms with Crippen LogP contribution in [0, 0.1) is 6.42 Å². The van der Waals surface area contributed by atoms with Crippen LogP contribution in [0.4, 0.5) is 0 Å². The minimum atomic E-state index is 0. The first-order valence-corrected chi connectivity index (χ1v) is 4.29. The fourth-order valence-electron chi connectivity index (χ4n) is 2.01. The maximum atomic E-state index is 2.30. The van der Waals surface area contributed by atoms with E-state index in [0.717, 1.165) is 6.42 Å². The van der Waals surface area contributed by atoms with E-state index in [1.165, 1.54) is 21.9 Å². The zero-order chi connectivity index (χ0) is 7.97. The van der Waals surface area contributed by atoms with Crippen molar-refractivity contribution in [3.63, 3.8) is 0 Å². The molecule has 3 rings (SSSR count). The molecular weight excluding hydrogens is 167 g/mol. The summed E-state index contributed by atoms with van der Waals surface area (Å²) in [4.78, 5) is 0. The van der Waals surface area contributed by atoms with Gasteiger partial charge in [-0.25, -0.2) is 0 Å². The Hall–Kier alpha value is -0.300. The van der Waals surface area contributed by atoms with Gasteiger partial charge in [-0.3, -0.25) is 0 Å². The predicted molar refractivity (Wildman–Crippen MR) is 58.2 cm³/mol. The van der Waals surface area contributed by atoms with Crippen molar-refractivity contribution >= 4 is 40.3 Å². The van der Waals surface area contributed by atoms with Crippen LogP contribution in [-0.2, 0) is 6.42 Å². The van der Waals surface area contributed by atoms with Crippen molar-refractivity contribution in [3.8, 4) is 0 Å². The van der Waals surface area contributed by atoms with Gasteiger partial charge < -0.3 is 0 Å². The molecule has 0 spiro atoms. The molecule has 0 atom stereocenters. The van der Waals surface area contributed by atoms with Crippen LogP contribution in [0.15, 0.2) is 36.4 Å². The molecule has 2 aromatic carbocycles. The van der Waals surface area contributed by atoms with Crippen molar-refractivity contribution in [2.24, 2.45) is 0 Å². The van der Waals surface area contributed by atoms with Crippen molar-refractivity contribution < 1.29 is 0 Å². The predicted octanol–water partition coefficient (Wildman–Crippen LogP) is 2.30. The monoisotopic (exact) mass is 177 g/mol. The van der Waals surface area contributed by atoms with E-state index in [9.17, 15) is 0 Å². The number of hydrogen-bond donors (Lipinski definition) is 0. The summed E-state index contributed by atoms with van der Waals surface area (Å²) in [5, 5.41) is 2.83. The molecule has 59 valence electrons. The van der Waals surface area contributed by atoms with Gasteiger partial charge in [-0.15, -0.1) is 0 Å². The summed E-state index contributed by atoms with van der Waals surface area (Å²) in [5.74, 6) is 0. The number of rotatable bonds is 0. The first-order chi connectivity index (χ1) is 5.95. The van der Waals surface area contributed by atoms with E-state index in [0.29, 0.717) is 0 Å². The van der Waals surface area contributed by atoms with Crippen LogP contribution >= 0.6 is 0 Å². The normalized spacial score (nSPS) is 12.9. The van der Waals surface area contributed by atoms with E-state index in [4.69, 9.17) is 0 Å². The van der Waals surface area contributed by atoms with Gasteiger partial charge >= 0.3 is 29.6 Å². The van der Waals surface area contributed by atoms with Crippen molar-refractivity contribution in [2.75, 3.05) is 0 Å². The first-order valence-electron chi connectivity index (χ1n) is 4.29. The molecule has 2 aromatic rings. The Morgan fingerprint density at radius 1 is 0.923 bits per heavy atom. The van der Waals surface area contributed by atoms with Crippen LogP contribution < -0.4 is 0 Å². The molecule has 0 aliphatic heterocycles. The molecule has 0 aromatic heterocycles. The second kappa shape index (κ2) is 3.45. The van der Waals surface area contributed by atoms with Gasteiger partial charge in [0, 0.05) is 0 Å². The molecule has 0 unspecified atom stereocenters. The number of benzene rings is 2. The van der Waals surface area contributed by atoms with Crippen molar-refractivity contribution in [1.82, 2.24) is 0 Å². The average molecular weight is 177 g/mol. The molecule has 1 radical (unpaired) electrons. The van der Waals surface area contributed by atoms with Gasteiger partial charge in [0.25, 0.3) is 0 Å². The summed E-state index contributed by atoms with van der Waals surface area (Å²) in [6, 6.07) is 13.0. The van der Waals surface area contributed by atoms with Crippen LogP contribution in [0.25, 0.3) is 10.8 Å². The third-order valence-electron chi connectivity index (χ3n) is 2.57. The molecule has 1 heteroatoms. The van der Waals surface area contributed by atoms with E-state index >= 15 is 0 Å². The van der Waals surface area contributed by atoms with E-state index < -0.39 is 0 Å². The molecule has 0 saturated carbocycles.